The van der Waals surface area contributed by atoms with Crippen LogP contribution in [0, 0.1) is 52.3 Å². The molecular formula is C60H125F11. The monoisotopic (exact) mass is 1050 g/mol. The Bertz CT molecular complexity index is 1010. The molecule has 1 atom stereocenters. The Morgan fingerprint density at radius 1 is 0.451 bits per heavy atom. The second-order valence-corrected chi connectivity index (χ2v) is 25.4. The van der Waals surface area contributed by atoms with Gasteiger partial charge in [-0.1, -0.05) is 224 Å². The van der Waals surface area contributed by atoms with E-state index in [4.69, 9.17) is 0 Å². The van der Waals surface area contributed by atoms with Gasteiger partial charge in [0.05, 0.1) is 5.92 Å². The Morgan fingerprint density at radius 3 is 0.803 bits per heavy atom. The van der Waals surface area contributed by atoms with E-state index < -0.39 is 47.1 Å². The Kier molecular flexibility index (Phi) is 54.3. The molecule has 0 bridgehead atoms. The number of alkyl halides is 11. The van der Waals surface area contributed by atoms with Gasteiger partial charge >= 0.3 is 12.4 Å². The summed E-state index contributed by atoms with van der Waals surface area (Å²) >= 11 is 0. The smallest absolute Gasteiger partial charge is 0.244 e. The predicted octanol–water partition coefficient (Wildman–Crippen LogP) is 25.3. The van der Waals surface area contributed by atoms with Gasteiger partial charge in [-0.15, -0.1) is 0 Å². The zero-order valence-electron chi connectivity index (χ0n) is 52.2. The Morgan fingerprint density at radius 2 is 0.704 bits per heavy atom. The maximum absolute atomic E-state index is 14.4. The molecule has 0 aliphatic heterocycles. The summed E-state index contributed by atoms with van der Waals surface area (Å²) in [6.45, 7) is 54.9. The van der Waals surface area contributed by atoms with Gasteiger partial charge in [0.25, 0.3) is 0 Å². The fraction of sp³-hybridized carbons (Fsp3) is 1.00. The summed E-state index contributed by atoms with van der Waals surface area (Å²) in [5, 5.41) is 0. The van der Waals surface area contributed by atoms with Crippen molar-refractivity contribution in [3.05, 3.63) is 0 Å². The van der Waals surface area contributed by atoms with E-state index in [9.17, 15) is 48.3 Å². The molecule has 1 unspecified atom stereocenters. The van der Waals surface area contributed by atoms with Gasteiger partial charge in [-0.2, -0.15) is 26.3 Å². The highest BCUT2D eigenvalue weighted by atomic mass is 19.4. The van der Waals surface area contributed by atoms with Gasteiger partial charge < -0.3 is 0 Å². The lowest BCUT2D eigenvalue weighted by Crippen LogP contribution is -2.37. The SMILES string of the molecule is CC(C)(C)C.CC(C)(C)C.CC(C)C.CC(C)C(F)(F)F.CC1(F)CCCCC1.CC1CCC(F)(F)CC1.CCC(C)(F)CC.CCC(C)C.CCC(C)C(F)(F)F.CCC(CC)C(C)(F)C(CC)CC. The van der Waals surface area contributed by atoms with Crippen LogP contribution in [-0.4, -0.2) is 35.3 Å². The standard InChI is InChI=1S/C12H25F.C7H12F2.C7H13F.C6H13F.C5H9F3.3C5H12.C4H7F3.C4H10/c1-6-10(7-2)12(5,13)11(8-3)9-4;1-6-2-4-7(8,9)5-3-6;1-7(8)5-3-2-4-6-7;1-4-6(3,7)5-2;1-3-4(2)5(6,7)8;2*1-5(2,3)4;1-4-5(2)3;1-3(2)4(5,6)7;1-4(2)3/h10-11H,6-9H2,1-5H3;6H,2-5H2,1H3;2-6H2,1H3;4-5H2,1-3H3;4H,3H2,1-2H3;2*1-4H3;5H,4H2,1-3H3;3H,1-2H3;4H,1-3H3. The van der Waals surface area contributed by atoms with Crippen LogP contribution in [0.15, 0.2) is 0 Å². The zero-order chi connectivity index (χ0) is 59.1. The molecule has 2 saturated carbocycles. The summed E-state index contributed by atoms with van der Waals surface area (Å²) in [5.41, 5.74) is -1.70. The largest absolute Gasteiger partial charge is 0.391 e. The van der Waals surface area contributed by atoms with Crippen molar-refractivity contribution in [2.24, 2.45) is 52.3 Å². The Balaban J connectivity index is -0.000000105. The minimum Gasteiger partial charge on any atom is -0.244 e. The molecule has 0 aromatic heterocycles. The molecule has 2 rings (SSSR count). The number of rotatable bonds is 10. The lowest BCUT2D eigenvalue weighted by atomic mass is 9.75. The highest BCUT2D eigenvalue weighted by molar-refractivity contribution is 4.87. The number of hydrogen-bond donors (Lipinski definition) is 0. The van der Waals surface area contributed by atoms with Crippen molar-refractivity contribution in [2.75, 3.05) is 0 Å². The van der Waals surface area contributed by atoms with E-state index in [-0.39, 0.29) is 31.1 Å². The van der Waals surface area contributed by atoms with E-state index >= 15 is 0 Å². The lowest BCUT2D eigenvalue weighted by Gasteiger charge is -2.35. The summed E-state index contributed by atoms with van der Waals surface area (Å²) < 4.78 is 132. The van der Waals surface area contributed by atoms with Gasteiger partial charge in [-0.05, 0) is 106 Å². The van der Waals surface area contributed by atoms with Crippen molar-refractivity contribution >= 4 is 0 Å². The minimum atomic E-state index is -4.00. The van der Waals surface area contributed by atoms with Crippen LogP contribution < -0.4 is 0 Å². The van der Waals surface area contributed by atoms with Crippen molar-refractivity contribution in [1.29, 1.82) is 0 Å². The third-order valence-electron chi connectivity index (χ3n) is 11.6. The molecular weight excluding hydrogens is 930 g/mol. The van der Waals surface area contributed by atoms with Crippen molar-refractivity contribution in [3.8, 4) is 0 Å². The summed E-state index contributed by atoms with van der Waals surface area (Å²) in [6, 6.07) is 0. The molecule has 0 radical (unpaired) electrons. The van der Waals surface area contributed by atoms with Crippen molar-refractivity contribution in [3.63, 3.8) is 0 Å². The maximum atomic E-state index is 14.4. The van der Waals surface area contributed by atoms with Crippen LogP contribution >= 0.6 is 0 Å². The van der Waals surface area contributed by atoms with Crippen LogP contribution in [0.25, 0.3) is 0 Å². The van der Waals surface area contributed by atoms with Crippen LogP contribution in [0.3, 0.4) is 0 Å². The molecule has 0 aromatic carbocycles. The summed E-state index contributed by atoms with van der Waals surface area (Å²) in [4.78, 5) is 0. The summed E-state index contributed by atoms with van der Waals surface area (Å²) in [7, 11) is 0. The van der Waals surface area contributed by atoms with Gasteiger partial charge in [-0.25, -0.2) is 22.0 Å². The Labute approximate surface area is 437 Å². The topological polar surface area (TPSA) is 0 Å². The molecule has 0 nitrogen and oxygen atoms in total. The molecule has 0 heterocycles. The van der Waals surface area contributed by atoms with E-state index in [2.05, 4.69) is 125 Å². The summed E-state index contributed by atoms with van der Waals surface area (Å²) in [5.74, 6) is -1.99. The third kappa shape index (κ3) is 78.3. The van der Waals surface area contributed by atoms with Crippen molar-refractivity contribution in [2.45, 2.75) is 338 Å². The van der Waals surface area contributed by atoms with Crippen molar-refractivity contribution in [1.82, 2.24) is 0 Å². The molecule has 2 fully saturated rings. The summed E-state index contributed by atoms with van der Waals surface area (Å²) in [6.07, 6.45) is 5.17. The molecule has 442 valence electrons. The fourth-order valence-electron chi connectivity index (χ4n) is 5.46. The van der Waals surface area contributed by atoms with Gasteiger partial charge in [-0.3, -0.25) is 0 Å². The van der Waals surface area contributed by atoms with E-state index in [1.807, 2.05) is 20.8 Å². The van der Waals surface area contributed by atoms with E-state index in [0.29, 0.717) is 42.4 Å². The van der Waals surface area contributed by atoms with Gasteiger partial charge in [0.1, 0.15) is 17.0 Å². The molecule has 2 aliphatic rings. The second kappa shape index (κ2) is 44.4. The quantitative estimate of drug-likeness (QED) is 0.191. The Hall–Kier alpha value is -0.770. The average Bonchev–Trinajstić information content (AvgIpc) is 3.18. The van der Waals surface area contributed by atoms with Crippen LogP contribution in [0.1, 0.15) is 303 Å². The number of halogens is 11. The molecule has 71 heavy (non-hydrogen) atoms. The molecule has 0 aromatic rings. The zero-order valence-corrected chi connectivity index (χ0v) is 52.2. The molecule has 0 amide bonds. The van der Waals surface area contributed by atoms with E-state index in [0.717, 1.165) is 77.0 Å². The fourth-order valence-corrected chi connectivity index (χ4v) is 5.46. The van der Waals surface area contributed by atoms with Crippen LogP contribution in [0.5, 0.6) is 0 Å². The maximum Gasteiger partial charge on any atom is 0.391 e. The number of hydrogen-bond acceptors (Lipinski definition) is 0. The molecule has 0 saturated heterocycles. The van der Waals surface area contributed by atoms with Crippen molar-refractivity contribution < 1.29 is 48.3 Å². The van der Waals surface area contributed by atoms with Gasteiger partial charge in [0.2, 0.25) is 5.92 Å². The molecule has 0 N–H and O–H groups in total. The molecule has 11 heteroatoms. The first-order valence-electron chi connectivity index (χ1n) is 28.0. The third-order valence-corrected chi connectivity index (χ3v) is 11.6. The van der Waals surface area contributed by atoms with Crippen LogP contribution in [0.2, 0.25) is 0 Å². The van der Waals surface area contributed by atoms with E-state index in [1.165, 1.54) is 26.7 Å². The first kappa shape index (κ1) is 86.9. The highest BCUT2D eigenvalue weighted by Gasteiger charge is 2.38. The molecule has 2 aliphatic carbocycles. The van der Waals surface area contributed by atoms with E-state index in [1.54, 1.807) is 20.8 Å². The first-order chi connectivity index (χ1) is 31.4. The van der Waals surface area contributed by atoms with Crippen LogP contribution in [-0.2, 0) is 0 Å². The van der Waals surface area contributed by atoms with Gasteiger partial charge in [0.15, 0.2) is 0 Å². The second-order valence-electron chi connectivity index (χ2n) is 25.4. The first-order valence-corrected chi connectivity index (χ1v) is 28.0. The van der Waals surface area contributed by atoms with Crippen LogP contribution in [0.4, 0.5) is 48.3 Å². The lowest BCUT2D eigenvalue weighted by molar-refractivity contribution is -0.170. The van der Waals surface area contributed by atoms with Gasteiger partial charge in [0, 0.05) is 18.8 Å². The predicted molar refractivity (Wildman–Crippen MR) is 295 cm³/mol. The normalized spacial score (nSPS) is 16.2. The minimum absolute atomic E-state index is 0.105. The average molecular weight is 1060 g/mol. The highest BCUT2D eigenvalue weighted by Crippen LogP contribution is 2.38. The molecule has 0 spiro atoms.